The smallest absolute Gasteiger partial charge is 0.226 e. The SMILES string of the molecule is COc1ccc(CCN(C)CCCN(C(=O)C/C=C/c2ccc(-n3ccnc3C)cc2)C2CCCC2)cc1OC. The van der Waals surface area contributed by atoms with Crippen LogP contribution in [0.1, 0.15) is 55.5 Å². The second-order valence-electron chi connectivity index (χ2n) is 10.7. The molecule has 1 saturated carbocycles. The van der Waals surface area contributed by atoms with E-state index in [1.54, 1.807) is 14.2 Å². The number of likely N-dealkylation sites (N-methyl/N-ethyl adjacent to an activating group) is 1. The van der Waals surface area contributed by atoms with Crippen molar-refractivity contribution >= 4 is 12.0 Å². The number of methoxy groups -OCH3 is 2. The lowest BCUT2D eigenvalue weighted by Crippen LogP contribution is -2.40. The number of ether oxygens (including phenoxy) is 2. The first-order valence-electron chi connectivity index (χ1n) is 14.4. The molecule has 0 unspecified atom stereocenters. The lowest BCUT2D eigenvalue weighted by molar-refractivity contribution is -0.132. The Morgan fingerprint density at radius 3 is 2.45 bits per heavy atom. The van der Waals surface area contributed by atoms with Gasteiger partial charge in [0.05, 0.1) is 14.2 Å². The molecule has 1 aliphatic carbocycles. The van der Waals surface area contributed by atoms with Crippen molar-refractivity contribution in [3.8, 4) is 17.2 Å². The van der Waals surface area contributed by atoms with Crippen molar-refractivity contribution in [1.82, 2.24) is 19.4 Å². The van der Waals surface area contributed by atoms with Crippen molar-refractivity contribution in [2.45, 2.75) is 57.9 Å². The number of carbonyl (C=O) groups excluding carboxylic acids is 1. The second-order valence-corrected chi connectivity index (χ2v) is 10.7. The fourth-order valence-corrected chi connectivity index (χ4v) is 5.52. The Morgan fingerprint density at radius 2 is 1.77 bits per heavy atom. The van der Waals surface area contributed by atoms with E-state index in [9.17, 15) is 4.79 Å². The Hall–Kier alpha value is -3.58. The van der Waals surface area contributed by atoms with Gasteiger partial charge in [-0.2, -0.15) is 0 Å². The molecular weight excluding hydrogens is 500 g/mol. The average Bonchev–Trinajstić information content (AvgIpc) is 3.66. The highest BCUT2D eigenvalue weighted by molar-refractivity contribution is 5.79. The van der Waals surface area contributed by atoms with Crippen LogP contribution in [-0.4, -0.2) is 72.2 Å². The number of nitrogens with zero attached hydrogens (tertiary/aromatic N) is 4. The molecule has 0 N–H and O–H groups in total. The average molecular weight is 545 g/mol. The second kappa shape index (κ2) is 14.7. The Bertz CT molecular complexity index is 1240. The van der Waals surface area contributed by atoms with Crippen LogP contribution in [0.4, 0.5) is 0 Å². The molecule has 1 aliphatic rings. The molecule has 0 radical (unpaired) electrons. The summed E-state index contributed by atoms with van der Waals surface area (Å²) >= 11 is 0. The van der Waals surface area contributed by atoms with Crippen LogP contribution in [0.3, 0.4) is 0 Å². The van der Waals surface area contributed by atoms with E-state index >= 15 is 0 Å². The lowest BCUT2D eigenvalue weighted by Gasteiger charge is -2.29. The molecular formula is C33H44N4O3. The van der Waals surface area contributed by atoms with E-state index < -0.39 is 0 Å². The molecule has 214 valence electrons. The van der Waals surface area contributed by atoms with Crippen molar-refractivity contribution in [3.63, 3.8) is 0 Å². The third-order valence-corrected chi connectivity index (χ3v) is 7.85. The minimum atomic E-state index is 0.238. The van der Waals surface area contributed by atoms with Gasteiger partial charge in [0.1, 0.15) is 5.82 Å². The third kappa shape index (κ3) is 7.98. The first-order chi connectivity index (χ1) is 19.5. The van der Waals surface area contributed by atoms with E-state index in [1.807, 2.05) is 31.5 Å². The molecule has 1 heterocycles. The van der Waals surface area contributed by atoms with Gasteiger partial charge < -0.3 is 23.8 Å². The van der Waals surface area contributed by atoms with Gasteiger partial charge in [0.2, 0.25) is 5.91 Å². The van der Waals surface area contributed by atoms with Gasteiger partial charge in [-0.15, -0.1) is 0 Å². The zero-order chi connectivity index (χ0) is 28.3. The summed E-state index contributed by atoms with van der Waals surface area (Å²) in [5.41, 5.74) is 3.41. The van der Waals surface area contributed by atoms with Gasteiger partial charge in [-0.3, -0.25) is 4.79 Å². The Balaban J connectivity index is 1.25. The molecule has 3 aromatic rings. The van der Waals surface area contributed by atoms with Gasteiger partial charge in [-0.05, 0) is 81.6 Å². The van der Waals surface area contributed by atoms with Crippen LogP contribution >= 0.6 is 0 Å². The van der Waals surface area contributed by atoms with Crippen molar-refractivity contribution in [1.29, 1.82) is 0 Å². The molecule has 0 bridgehead atoms. The highest BCUT2D eigenvalue weighted by Crippen LogP contribution is 2.28. The van der Waals surface area contributed by atoms with Crippen molar-refractivity contribution < 1.29 is 14.3 Å². The van der Waals surface area contributed by atoms with Crippen LogP contribution in [0.15, 0.2) is 60.9 Å². The molecule has 0 aliphatic heterocycles. The molecule has 4 rings (SSSR count). The number of carbonyl (C=O) groups is 1. The van der Waals surface area contributed by atoms with Crippen LogP contribution in [0.2, 0.25) is 0 Å². The zero-order valence-corrected chi connectivity index (χ0v) is 24.5. The summed E-state index contributed by atoms with van der Waals surface area (Å²) in [6, 6.07) is 14.8. The van der Waals surface area contributed by atoms with E-state index in [0.717, 1.165) is 73.9 Å². The lowest BCUT2D eigenvalue weighted by atomic mass is 10.1. The van der Waals surface area contributed by atoms with Gasteiger partial charge in [-0.1, -0.05) is 43.2 Å². The Kier molecular flexibility index (Phi) is 10.8. The Labute approximate surface area is 239 Å². The highest BCUT2D eigenvalue weighted by Gasteiger charge is 2.25. The van der Waals surface area contributed by atoms with E-state index in [-0.39, 0.29) is 5.91 Å². The predicted octanol–water partition coefficient (Wildman–Crippen LogP) is 5.94. The van der Waals surface area contributed by atoms with Crippen molar-refractivity contribution in [2.24, 2.45) is 0 Å². The van der Waals surface area contributed by atoms with Gasteiger partial charge in [0.25, 0.3) is 0 Å². The molecule has 1 amide bonds. The van der Waals surface area contributed by atoms with Gasteiger partial charge in [-0.25, -0.2) is 4.98 Å². The molecule has 0 spiro atoms. The molecule has 40 heavy (non-hydrogen) atoms. The number of imidazole rings is 1. The van der Waals surface area contributed by atoms with Crippen LogP contribution in [0.5, 0.6) is 11.5 Å². The molecule has 7 heteroatoms. The fraction of sp³-hybridized carbons (Fsp3) is 0.455. The van der Waals surface area contributed by atoms with Crippen molar-refractivity contribution in [2.75, 3.05) is 40.9 Å². The topological polar surface area (TPSA) is 59.8 Å². The van der Waals surface area contributed by atoms with Gasteiger partial charge >= 0.3 is 0 Å². The summed E-state index contributed by atoms with van der Waals surface area (Å²) in [7, 11) is 5.48. The fourth-order valence-electron chi connectivity index (χ4n) is 5.52. The summed E-state index contributed by atoms with van der Waals surface area (Å²) < 4.78 is 12.8. The Morgan fingerprint density at radius 1 is 1.02 bits per heavy atom. The maximum Gasteiger partial charge on any atom is 0.226 e. The monoisotopic (exact) mass is 544 g/mol. The first-order valence-corrected chi connectivity index (χ1v) is 14.4. The van der Waals surface area contributed by atoms with Crippen LogP contribution < -0.4 is 9.47 Å². The molecule has 0 atom stereocenters. The maximum absolute atomic E-state index is 13.3. The van der Waals surface area contributed by atoms with E-state index in [2.05, 4.69) is 68.9 Å². The van der Waals surface area contributed by atoms with E-state index in [4.69, 9.17) is 9.47 Å². The molecule has 7 nitrogen and oxygen atoms in total. The zero-order valence-electron chi connectivity index (χ0n) is 24.5. The van der Waals surface area contributed by atoms with E-state index in [1.165, 1.54) is 18.4 Å². The number of hydrogen-bond acceptors (Lipinski definition) is 5. The number of aryl methyl sites for hydroxylation is 1. The maximum atomic E-state index is 13.3. The summed E-state index contributed by atoms with van der Waals surface area (Å²) in [4.78, 5) is 22.1. The minimum absolute atomic E-state index is 0.238. The number of amides is 1. The van der Waals surface area contributed by atoms with E-state index in [0.29, 0.717) is 12.5 Å². The quantitative estimate of drug-likeness (QED) is 0.252. The first kappa shape index (κ1) is 29.4. The molecule has 2 aromatic carbocycles. The van der Waals surface area contributed by atoms with Crippen LogP contribution in [0, 0.1) is 6.92 Å². The molecule has 1 aromatic heterocycles. The number of aromatic nitrogens is 2. The van der Waals surface area contributed by atoms with Gasteiger partial charge in [0.15, 0.2) is 11.5 Å². The normalized spacial score (nSPS) is 13.8. The number of hydrogen-bond donors (Lipinski definition) is 0. The van der Waals surface area contributed by atoms with Gasteiger partial charge in [0, 0.05) is 43.6 Å². The third-order valence-electron chi connectivity index (χ3n) is 7.85. The largest absolute Gasteiger partial charge is 0.493 e. The van der Waals surface area contributed by atoms with Crippen molar-refractivity contribution in [3.05, 3.63) is 77.9 Å². The number of benzene rings is 2. The predicted molar refractivity (Wildman–Crippen MR) is 161 cm³/mol. The highest BCUT2D eigenvalue weighted by atomic mass is 16.5. The van der Waals surface area contributed by atoms with Crippen LogP contribution in [-0.2, 0) is 11.2 Å². The minimum Gasteiger partial charge on any atom is -0.493 e. The summed E-state index contributed by atoms with van der Waals surface area (Å²) in [6.45, 7) is 4.72. The molecule has 0 saturated heterocycles. The standard InChI is InChI=1S/C33H44N4O3/c1-26-34-20-24-36(26)30-16-13-27(14-17-30)9-7-12-33(38)37(29-10-5-6-11-29)22-8-21-35(2)23-19-28-15-18-31(39-3)32(25-28)40-4/h7,9,13-18,20,24-25,29H,5-6,8,10-12,19,21-23H2,1-4H3/b9-7+. The number of rotatable bonds is 14. The summed E-state index contributed by atoms with van der Waals surface area (Å²) in [5.74, 6) is 2.72. The molecule has 1 fully saturated rings. The van der Waals surface area contributed by atoms with Crippen LogP contribution in [0.25, 0.3) is 11.8 Å². The summed E-state index contributed by atoms with van der Waals surface area (Å²) in [6.07, 6.45) is 14.9. The summed E-state index contributed by atoms with van der Waals surface area (Å²) in [5, 5.41) is 0.